The maximum absolute atomic E-state index is 9.00. The Morgan fingerprint density at radius 2 is 1.82 bits per heavy atom. The molecule has 2 nitrogen and oxygen atoms in total. The second-order valence-electron chi connectivity index (χ2n) is 4.29. The van der Waals surface area contributed by atoms with Gasteiger partial charge in [0.2, 0.25) is 0 Å². The number of hydrogen-bond acceptors (Lipinski definition) is 2. The number of rotatable bonds is 4. The van der Waals surface area contributed by atoms with Crippen LogP contribution in [0.25, 0.3) is 0 Å². The zero-order chi connectivity index (χ0) is 8.91. The van der Waals surface area contributed by atoms with E-state index in [-0.39, 0.29) is 6.61 Å². The SMILES string of the molecule is CC(C)(C)CCC[C@H](O)CO. The molecule has 0 saturated carbocycles. The van der Waals surface area contributed by atoms with E-state index >= 15 is 0 Å². The second-order valence-corrected chi connectivity index (χ2v) is 4.29. The molecule has 0 bridgehead atoms. The van der Waals surface area contributed by atoms with Crippen molar-refractivity contribution in [2.75, 3.05) is 6.61 Å². The molecule has 0 spiro atoms. The smallest absolute Gasteiger partial charge is 0.0770 e. The number of aliphatic hydroxyl groups is 2. The summed E-state index contributed by atoms with van der Waals surface area (Å²) in [4.78, 5) is 0. The van der Waals surface area contributed by atoms with Gasteiger partial charge in [-0.25, -0.2) is 0 Å². The van der Waals surface area contributed by atoms with Crippen molar-refractivity contribution in [2.24, 2.45) is 5.41 Å². The van der Waals surface area contributed by atoms with Gasteiger partial charge < -0.3 is 10.2 Å². The molecule has 68 valence electrons. The van der Waals surface area contributed by atoms with Crippen molar-refractivity contribution in [3.63, 3.8) is 0 Å². The molecule has 0 aromatic heterocycles. The highest BCUT2D eigenvalue weighted by Crippen LogP contribution is 2.21. The van der Waals surface area contributed by atoms with Crippen LogP contribution in [0.3, 0.4) is 0 Å². The lowest BCUT2D eigenvalue weighted by atomic mass is 9.89. The van der Waals surface area contributed by atoms with Gasteiger partial charge in [-0.05, 0) is 18.3 Å². The molecule has 0 aliphatic rings. The standard InChI is InChI=1S/C9H20O2/c1-9(2,3)6-4-5-8(11)7-10/h8,10-11H,4-7H2,1-3H3/t8-/m0/s1. The molecule has 0 unspecified atom stereocenters. The summed E-state index contributed by atoms with van der Waals surface area (Å²) in [5, 5.41) is 17.5. The molecule has 0 aromatic rings. The van der Waals surface area contributed by atoms with Crippen LogP contribution in [0.4, 0.5) is 0 Å². The fourth-order valence-electron chi connectivity index (χ4n) is 0.959. The zero-order valence-electron chi connectivity index (χ0n) is 7.80. The highest BCUT2D eigenvalue weighted by molar-refractivity contribution is 4.63. The van der Waals surface area contributed by atoms with Crippen molar-refractivity contribution in [1.29, 1.82) is 0 Å². The quantitative estimate of drug-likeness (QED) is 0.655. The summed E-state index contributed by atoms with van der Waals surface area (Å²) < 4.78 is 0. The van der Waals surface area contributed by atoms with Gasteiger partial charge in [-0.2, -0.15) is 0 Å². The number of hydrogen-bond donors (Lipinski definition) is 2. The second kappa shape index (κ2) is 4.73. The molecule has 11 heavy (non-hydrogen) atoms. The lowest BCUT2D eigenvalue weighted by molar-refractivity contribution is 0.0837. The van der Waals surface area contributed by atoms with Crippen molar-refractivity contribution >= 4 is 0 Å². The highest BCUT2D eigenvalue weighted by Gasteiger charge is 2.10. The van der Waals surface area contributed by atoms with Gasteiger partial charge in [-0.15, -0.1) is 0 Å². The van der Waals surface area contributed by atoms with Crippen molar-refractivity contribution < 1.29 is 10.2 Å². The van der Waals surface area contributed by atoms with Crippen molar-refractivity contribution in [3.8, 4) is 0 Å². The Bertz CT molecular complexity index is 94.2. The summed E-state index contributed by atoms with van der Waals surface area (Å²) in [5.41, 5.74) is 0.342. The van der Waals surface area contributed by atoms with E-state index in [1.54, 1.807) is 0 Å². The Morgan fingerprint density at radius 3 is 2.18 bits per heavy atom. The molecule has 1 atom stereocenters. The van der Waals surface area contributed by atoms with Crippen LogP contribution in [-0.2, 0) is 0 Å². The van der Waals surface area contributed by atoms with E-state index in [0.717, 1.165) is 12.8 Å². The van der Waals surface area contributed by atoms with Crippen LogP contribution in [0.15, 0.2) is 0 Å². The molecule has 0 amide bonds. The van der Waals surface area contributed by atoms with Gasteiger partial charge >= 0.3 is 0 Å². The van der Waals surface area contributed by atoms with E-state index in [4.69, 9.17) is 10.2 Å². The van der Waals surface area contributed by atoms with E-state index in [1.807, 2.05) is 0 Å². The molecule has 2 N–H and O–H groups in total. The first-order valence-electron chi connectivity index (χ1n) is 4.24. The van der Waals surface area contributed by atoms with Crippen LogP contribution in [0, 0.1) is 5.41 Å². The Morgan fingerprint density at radius 1 is 1.27 bits per heavy atom. The lowest BCUT2D eigenvalue weighted by Gasteiger charge is -2.18. The third-order valence-corrected chi connectivity index (χ3v) is 1.67. The molecule has 0 saturated heterocycles. The van der Waals surface area contributed by atoms with Gasteiger partial charge in [0.05, 0.1) is 12.7 Å². The average molecular weight is 160 g/mol. The van der Waals surface area contributed by atoms with Gasteiger partial charge in [0.1, 0.15) is 0 Å². The fraction of sp³-hybridized carbons (Fsp3) is 1.00. The summed E-state index contributed by atoms with van der Waals surface area (Å²) in [6, 6.07) is 0. The topological polar surface area (TPSA) is 40.5 Å². The van der Waals surface area contributed by atoms with Crippen molar-refractivity contribution in [2.45, 2.75) is 46.1 Å². The predicted octanol–water partition coefficient (Wildman–Crippen LogP) is 1.56. The molecular formula is C9H20O2. The summed E-state index contributed by atoms with van der Waals surface area (Å²) in [6.45, 7) is 6.43. The Hall–Kier alpha value is -0.0800. The van der Waals surface area contributed by atoms with Crippen LogP contribution >= 0.6 is 0 Å². The minimum atomic E-state index is -0.516. The Balaban J connectivity index is 3.28. The van der Waals surface area contributed by atoms with Crippen LogP contribution in [-0.4, -0.2) is 22.9 Å². The molecule has 0 aliphatic carbocycles. The molecule has 0 heterocycles. The molecule has 0 aliphatic heterocycles. The summed E-state index contributed by atoms with van der Waals surface area (Å²) in [5.74, 6) is 0. The minimum absolute atomic E-state index is 0.107. The summed E-state index contributed by atoms with van der Waals surface area (Å²) in [6.07, 6.45) is 2.29. The van der Waals surface area contributed by atoms with Crippen molar-refractivity contribution in [3.05, 3.63) is 0 Å². The van der Waals surface area contributed by atoms with Crippen molar-refractivity contribution in [1.82, 2.24) is 0 Å². The maximum atomic E-state index is 9.00. The largest absolute Gasteiger partial charge is 0.394 e. The van der Waals surface area contributed by atoms with Gasteiger partial charge in [-0.3, -0.25) is 0 Å². The molecular weight excluding hydrogens is 140 g/mol. The van der Waals surface area contributed by atoms with Gasteiger partial charge in [0.15, 0.2) is 0 Å². The van der Waals surface area contributed by atoms with Gasteiger partial charge in [0, 0.05) is 0 Å². The number of aliphatic hydroxyl groups excluding tert-OH is 2. The first-order chi connectivity index (χ1) is 4.95. The molecule has 0 rings (SSSR count). The minimum Gasteiger partial charge on any atom is -0.394 e. The Kier molecular flexibility index (Phi) is 4.69. The van der Waals surface area contributed by atoms with E-state index in [0.29, 0.717) is 11.8 Å². The maximum Gasteiger partial charge on any atom is 0.0770 e. The van der Waals surface area contributed by atoms with Gasteiger partial charge in [0.25, 0.3) is 0 Å². The monoisotopic (exact) mass is 160 g/mol. The van der Waals surface area contributed by atoms with E-state index in [1.165, 1.54) is 0 Å². The summed E-state index contributed by atoms with van der Waals surface area (Å²) in [7, 11) is 0. The van der Waals surface area contributed by atoms with Crippen LogP contribution in [0.5, 0.6) is 0 Å². The molecule has 0 radical (unpaired) electrons. The van der Waals surface area contributed by atoms with Crippen LogP contribution in [0.1, 0.15) is 40.0 Å². The molecule has 0 fully saturated rings. The van der Waals surface area contributed by atoms with Gasteiger partial charge in [-0.1, -0.05) is 27.2 Å². The first-order valence-corrected chi connectivity index (χ1v) is 4.24. The predicted molar refractivity (Wildman–Crippen MR) is 46.4 cm³/mol. The highest BCUT2D eigenvalue weighted by atomic mass is 16.3. The normalized spacial score (nSPS) is 15.0. The van der Waals surface area contributed by atoms with Crippen LogP contribution < -0.4 is 0 Å². The fourth-order valence-corrected chi connectivity index (χ4v) is 0.959. The molecule has 2 heteroatoms. The van der Waals surface area contributed by atoms with E-state index in [9.17, 15) is 0 Å². The third kappa shape index (κ3) is 7.82. The first kappa shape index (κ1) is 10.9. The zero-order valence-corrected chi connectivity index (χ0v) is 7.80. The van der Waals surface area contributed by atoms with E-state index < -0.39 is 6.10 Å². The molecule has 0 aromatic carbocycles. The summed E-state index contributed by atoms with van der Waals surface area (Å²) >= 11 is 0. The average Bonchev–Trinajstić information content (AvgIpc) is 1.85. The lowest BCUT2D eigenvalue weighted by Crippen LogP contribution is -2.13. The van der Waals surface area contributed by atoms with Crippen LogP contribution in [0.2, 0.25) is 0 Å². The van der Waals surface area contributed by atoms with E-state index in [2.05, 4.69) is 20.8 Å². The third-order valence-electron chi connectivity index (χ3n) is 1.67. The Labute approximate surface area is 69.2 Å².